The third-order valence-electron chi connectivity index (χ3n) is 4.92. The number of ether oxygens (including phenoxy) is 2. The van der Waals surface area contributed by atoms with Crippen LogP contribution in [0.2, 0.25) is 0 Å². The van der Waals surface area contributed by atoms with Crippen molar-refractivity contribution in [1.82, 2.24) is 14.8 Å². The smallest absolute Gasteiger partial charge is 0.462 e. The van der Waals surface area contributed by atoms with Gasteiger partial charge in [-0.25, -0.2) is 4.79 Å². The molecule has 1 aliphatic carbocycles. The molecule has 4 rings (SSSR count). The molecule has 1 saturated heterocycles. The van der Waals surface area contributed by atoms with Crippen molar-refractivity contribution < 1.29 is 27.4 Å². The van der Waals surface area contributed by atoms with Gasteiger partial charge in [0.1, 0.15) is 5.82 Å². The topological polar surface area (TPSA) is 69.5 Å². The first kappa shape index (κ1) is 18.6. The van der Waals surface area contributed by atoms with E-state index < -0.39 is 18.2 Å². The Morgan fingerprint density at radius 2 is 2.04 bits per heavy atom. The number of carbonyl (C=O) groups is 1. The summed E-state index contributed by atoms with van der Waals surface area (Å²) in [4.78, 5) is 17.8. The van der Waals surface area contributed by atoms with Gasteiger partial charge >= 0.3 is 12.3 Å². The van der Waals surface area contributed by atoms with Crippen LogP contribution in [0.3, 0.4) is 0 Å². The summed E-state index contributed by atoms with van der Waals surface area (Å²) in [5.41, 5.74) is 0.435. The normalized spacial score (nSPS) is 20.8. The Morgan fingerprint density at radius 3 is 2.71 bits per heavy atom. The number of anilines is 1. The van der Waals surface area contributed by atoms with E-state index in [4.69, 9.17) is 4.74 Å². The summed E-state index contributed by atoms with van der Waals surface area (Å²) in [6.07, 6.45) is -0.950. The molecular formula is C18H19F3N4O3. The minimum atomic E-state index is -4.85. The molecule has 1 saturated carbocycles. The quantitative estimate of drug-likeness (QED) is 0.700. The zero-order chi connectivity index (χ0) is 19.9. The lowest BCUT2D eigenvalue weighted by molar-refractivity contribution is -0.276. The predicted octanol–water partition coefficient (Wildman–Crippen LogP) is 2.86. The monoisotopic (exact) mass is 396 g/mol. The number of rotatable bonds is 6. The molecule has 150 valence electrons. The number of alkyl halides is 3. The van der Waals surface area contributed by atoms with Crippen molar-refractivity contribution in [3.63, 3.8) is 0 Å². The Balaban J connectivity index is 1.55. The van der Waals surface area contributed by atoms with Crippen LogP contribution in [0.15, 0.2) is 24.5 Å². The average Bonchev–Trinajstić information content (AvgIpc) is 3.03. The van der Waals surface area contributed by atoms with Gasteiger partial charge in [0, 0.05) is 24.8 Å². The highest BCUT2D eigenvalue weighted by Crippen LogP contribution is 2.46. The van der Waals surface area contributed by atoms with E-state index in [0.29, 0.717) is 17.7 Å². The van der Waals surface area contributed by atoms with Gasteiger partial charge in [0.15, 0.2) is 0 Å². The molecule has 2 aromatic rings. The molecule has 0 bridgehead atoms. The summed E-state index contributed by atoms with van der Waals surface area (Å²) in [6.45, 7) is 3.50. The second-order valence-corrected chi connectivity index (χ2v) is 6.99. The van der Waals surface area contributed by atoms with Crippen molar-refractivity contribution in [2.45, 2.75) is 26.3 Å². The van der Waals surface area contributed by atoms with Crippen LogP contribution >= 0.6 is 0 Å². The first-order valence-corrected chi connectivity index (χ1v) is 9.02. The van der Waals surface area contributed by atoms with Crippen LogP contribution in [0.1, 0.15) is 29.3 Å². The highest BCUT2D eigenvalue weighted by Gasteiger charge is 2.45. The van der Waals surface area contributed by atoms with Gasteiger partial charge in [0.25, 0.3) is 0 Å². The van der Waals surface area contributed by atoms with Gasteiger partial charge in [-0.3, -0.25) is 4.68 Å². The summed E-state index contributed by atoms with van der Waals surface area (Å²) < 4.78 is 49.0. The molecule has 10 heteroatoms. The molecule has 3 heterocycles. The molecule has 1 aliphatic heterocycles. The minimum absolute atomic E-state index is 0.0245. The fraction of sp³-hybridized carbons (Fsp3) is 0.500. The fourth-order valence-electron chi connectivity index (χ4n) is 3.48. The summed E-state index contributed by atoms with van der Waals surface area (Å²) >= 11 is 0. The predicted molar refractivity (Wildman–Crippen MR) is 92.0 cm³/mol. The standard InChI is InChI=1S/C18H19F3N4O3/c1-2-27-17(26)14-6-22-25(10-14)9-11-3-4-15(23-16(11)28-18(19,20)21)24-7-12-5-13(12)8-24/h3-4,6,10,12-13H,2,5,7-9H2,1H3. The van der Waals surface area contributed by atoms with E-state index in [9.17, 15) is 18.0 Å². The van der Waals surface area contributed by atoms with Crippen LogP contribution in [0.5, 0.6) is 5.88 Å². The third-order valence-corrected chi connectivity index (χ3v) is 4.92. The SMILES string of the molecule is CCOC(=O)c1cnn(Cc2ccc(N3CC4CC4C3)nc2OC(F)(F)F)c1. The summed E-state index contributed by atoms with van der Waals surface area (Å²) in [5, 5.41) is 4.01. The Hall–Kier alpha value is -2.78. The molecule has 2 unspecified atom stereocenters. The Bertz CT molecular complexity index is 873. The molecule has 0 N–H and O–H groups in total. The Morgan fingerprint density at radius 1 is 1.29 bits per heavy atom. The van der Waals surface area contributed by atoms with Gasteiger partial charge in [-0.05, 0) is 37.3 Å². The van der Waals surface area contributed by atoms with E-state index in [0.717, 1.165) is 13.1 Å². The van der Waals surface area contributed by atoms with E-state index in [2.05, 4.69) is 14.8 Å². The number of halogens is 3. The lowest BCUT2D eigenvalue weighted by atomic mass is 10.2. The van der Waals surface area contributed by atoms with Crippen molar-refractivity contribution in [2.24, 2.45) is 11.8 Å². The lowest BCUT2D eigenvalue weighted by Crippen LogP contribution is -2.24. The third kappa shape index (κ3) is 4.05. The van der Waals surface area contributed by atoms with Crippen molar-refractivity contribution in [2.75, 3.05) is 24.6 Å². The number of hydrogen-bond acceptors (Lipinski definition) is 6. The fourth-order valence-corrected chi connectivity index (χ4v) is 3.48. The number of hydrogen-bond donors (Lipinski definition) is 0. The number of pyridine rings is 1. The lowest BCUT2D eigenvalue weighted by Gasteiger charge is -2.21. The minimum Gasteiger partial charge on any atom is -0.462 e. The molecular weight excluding hydrogens is 377 g/mol. The van der Waals surface area contributed by atoms with Crippen molar-refractivity contribution >= 4 is 11.8 Å². The first-order chi connectivity index (χ1) is 13.3. The van der Waals surface area contributed by atoms with E-state index in [-0.39, 0.29) is 24.3 Å². The summed E-state index contributed by atoms with van der Waals surface area (Å²) in [5.74, 6) is 0.681. The van der Waals surface area contributed by atoms with Gasteiger partial charge in [-0.2, -0.15) is 10.1 Å². The highest BCUT2D eigenvalue weighted by atomic mass is 19.4. The molecule has 0 amide bonds. The molecule has 2 fully saturated rings. The van der Waals surface area contributed by atoms with Gasteiger partial charge in [0.05, 0.1) is 24.9 Å². The molecule has 2 aromatic heterocycles. The van der Waals surface area contributed by atoms with Crippen LogP contribution in [0.4, 0.5) is 19.0 Å². The van der Waals surface area contributed by atoms with Crippen LogP contribution in [-0.4, -0.2) is 46.8 Å². The second-order valence-electron chi connectivity index (χ2n) is 6.99. The molecule has 0 aromatic carbocycles. The molecule has 2 aliphatic rings. The number of esters is 1. The number of fused-ring (bicyclic) bond motifs is 1. The van der Waals surface area contributed by atoms with Crippen molar-refractivity contribution in [3.8, 4) is 5.88 Å². The average molecular weight is 396 g/mol. The molecule has 7 nitrogen and oxygen atoms in total. The zero-order valence-corrected chi connectivity index (χ0v) is 15.1. The summed E-state index contributed by atoms with van der Waals surface area (Å²) in [7, 11) is 0. The van der Waals surface area contributed by atoms with Crippen LogP contribution in [0, 0.1) is 11.8 Å². The Labute approximate surface area is 159 Å². The van der Waals surface area contributed by atoms with Crippen molar-refractivity contribution in [1.29, 1.82) is 0 Å². The van der Waals surface area contributed by atoms with Crippen LogP contribution < -0.4 is 9.64 Å². The number of carbonyl (C=O) groups excluding carboxylic acids is 1. The van der Waals surface area contributed by atoms with E-state index >= 15 is 0 Å². The largest absolute Gasteiger partial charge is 0.574 e. The second kappa shape index (κ2) is 6.99. The van der Waals surface area contributed by atoms with E-state index in [1.807, 2.05) is 4.90 Å². The number of piperidine rings is 1. The van der Waals surface area contributed by atoms with Gasteiger partial charge < -0.3 is 14.4 Å². The van der Waals surface area contributed by atoms with Crippen LogP contribution in [0.25, 0.3) is 0 Å². The van der Waals surface area contributed by atoms with Gasteiger partial charge in [0.2, 0.25) is 5.88 Å². The number of aromatic nitrogens is 3. The maximum absolute atomic E-state index is 12.9. The zero-order valence-electron chi connectivity index (χ0n) is 15.1. The molecule has 2 atom stereocenters. The maximum Gasteiger partial charge on any atom is 0.574 e. The molecule has 0 radical (unpaired) electrons. The van der Waals surface area contributed by atoms with Crippen LogP contribution in [-0.2, 0) is 11.3 Å². The van der Waals surface area contributed by atoms with E-state index in [1.54, 1.807) is 19.1 Å². The van der Waals surface area contributed by atoms with Gasteiger partial charge in [-0.15, -0.1) is 13.2 Å². The molecule has 28 heavy (non-hydrogen) atoms. The Kier molecular flexibility index (Phi) is 4.64. The van der Waals surface area contributed by atoms with Gasteiger partial charge in [-0.1, -0.05) is 0 Å². The van der Waals surface area contributed by atoms with E-state index in [1.165, 1.54) is 23.5 Å². The van der Waals surface area contributed by atoms with Crippen molar-refractivity contribution in [3.05, 3.63) is 35.7 Å². The summed E-state index contributed by atoms with van der Waals surface area (Å²) in [6, 6.07) is 3.25. The number of nitrogens with zero attached hydrogens (tertiary/aromatic N) is 4. The maximum atomic E-state index is 12.9. The molecule has 0 spiro atoms. The highest BCUT2D eigenvalue weighted by molar-refractivity contribution is 5.88. The first-order valence-electron chi connectivity index (χ1n) is 9.02.